The first-order chi connectivity index (χ1) is 18.6. The first-order valence-corrected chi connectivity index (χ1v) is 13.6. The van der Waals surface area contributed by atoms with Crippen LogP contribution in [0.2, 0.25) is 0 Å². The van der Waals surface area contributed by atoms with E-state index < -0.39 is 81.8 Å². The number of fused-ring (bicyclic) bond motifs is 3. The van der Waals surface area contributed by atoms with Gasteiger partial charge in [-0.3, -0.25) is 24.4 Å². The van der Waals surface area contributed by atoms with Gasteiger partial charge < -0.3 is 31.3 Å². The molecule has 40 heavy (non-hydrogen) atoms. The molecule has 2 fully saturated rings. The molecular weight excluding hydrogens is 518 g/mol. The summed E-state index contributed by atoms with van der Waals surface area (Å²) in [4.78, 5) is 49.3. The number of hydrogen-bond acceptors (Lipinski definition) is 10. The maximum atomic E-state index is 14.3. The van der Waals surface area contributed by atoms with Crippen LogP contribution in [-0.4, -0.2) is 91.9 Å². The van der Waals surface area contributed by atoms with Crippen LogP contribution in [0.15, 0.2) is 22.1 Å². The summed E-state index contributed by atoms with van der Waals surface area (Å²) in [7, 11) is 0. The van der Waals surface area contributed by atoms with Crippen LogP contribution >= 0.6 is 0 Å². The Morgan fingerprint density at radius 1 is 1.12 bits per heavy atom. The molecule has 1 amide bonds. The van der Waals surface area contributed by atoms with Crippen LogP contribution in [0.25, 0.3) is 0 Å². The fourth-order valence-corrected chi connectivity index (χ4v) is 8.62. The SMILES string of the molecule is CC(C)[C@H]1C(O)[C@@H](C(N)=O)C(=O)[C@]2(O)C(O)[C@H]3C(=O)c4c(O)ccc(C5=NCCN=C5)c4[C@@H](C)[C@]3(C)[C@@H](O)[C@]12C. The molecule has 4 aliphatic rings. The summed E-state index contributed by atoms with van der Waals surface area (Å²) in [6.45, 7) is 9.15. The number of carbonyl (C=O) groups is 3. The number of carbonyl (C=O) groups excluding carboxylic acids is 3. The maximum absolute atomic E-state index is 14.3. The third-order valence-corrected chi connectivity index (χ3v) is 10.6. The summed E-state index contributed by atoms with van der Waals surface area (Å²) in [5.74, 6) is -9.22. The predicted molar refractivity (Wildman–Crippen MR) is 144 cm³/mol. The summed E-state index contributed by atoms with van der Waals surface area (Å²) >= 11 is 0. The number of phenols is 1. The van der Waals surface area contributed by atoms with Gasteiger partial charge in [0.2, 0.25) is 5.91 Å². The number of amides is 1. The molecule has 0 radical (unpaired) electrons. The first-order valence-electron chi connectivity index (χ1n) is 13.6. The van der Waals surface area contributed by atoms with Crippen molar-refractivity contribution in [3.05, 3.63) is 28.8 Å². The van der Waals surface area contributed by atoms with Gasteiger partial charge in [0.1, 0.15) is 17.8 Å². The molecule has 10 atom stereocenters. The number of Topliss-reactive ketones (excluding diaryl/α,β-unsaturated/α-hetero) is 2. The summed E-state index contributed by atoms with van der Waals surface area (Å²) in [5.41, 5.74) is 0.647. The summed E-state index contributed by atoms with van der Waals surface area (Å²) in [6, 6.07) is 2.97. The highest BCUT2D eigenvalue weighted by Gasteiger charge is 2.80. The zero-order chi connectivity index (χ0) is 29.7. The van der Waals surface area contributed by atoms with Crippen molar-refractivity contribution >= 4 is 29.4 Å². The van der Waals surface area contributed by atoms with Crippen LogP contribution in [0.4, 0.5) is 0 Å². The van der Waals surface area contributed by atoms with Crippen molar-refractivity contribution in [2.75, 3.05) is 13.1 Å². The molecular formula is C29H37N3O8. The predicted octanol–water partition coefficient (Wildman–Crippen LogP) is -0.0219. The van der Waals surface area contributed by atoms with Crippen molar-refractivity contribution in [2.24, 2.45) is 50.2 Å². The Hall–Kier alpha value is -2.99. The number of primary amides is 1. The minimum atomic E-state index is -2.81. The van der Waals surface area contributed by atoms with Crippen LogP contribution < -0.4 is 5.73 Å². The number of nitrogens with zero attached hydrogens (tertiary/aromatic N) is 2. The van der Waals surface area contributed by atoms with Gasteiger partial charge in [-0.05, 0) is 35.4 Å². The van der Waals surface area contributed by atoms with Crippen molar-refractivity contribution in [1.29, 1.82) is 0 Å². The Morgan fingerprint density at radius 2 is 1.77 bits per heavy atom. The van der Waals surface area contributed by atoms with Gasteiger partial charge in [-0.1, -0.05) is 34.6 Å². The average Bonchev–Trinajstić information content (AvgIpc) is 2.89. The third-order valence-electron chi connectivity index (χ3n) is 10.6. The number of aliphatic imine (C=N–C) groups is 2. The van der Waals surface area contributed by atoms with E-state index in [-0.39, 0.29) is 11.3 Å². The molecule has 2 unspecified atom stereocenters. The lowest BCUT2D eigenvalue weighted by atomic mass is 9.36. The summed E-state index contributed by atoms with van der Waals surface area (Å²) < 4.78 is 0. The van der Waals surface area contributed by atoms with E-state index >= 15 is 0 Å². The van der Waals surface area contributed by atoms with Gasteiger partial charge in [0.05, 0.1) is 42.5 Å². The molecule has 5 rings (SSSR count). The van der Waals surface area contributed by atoms with Crippen molar-refractivity contribution in [3.63, 3.8) is 0 Å². The van der Waals surface area contributed by atoms with E-state index in [4.69, 9.17) is 5.73 Å². The summed E-state index contributed by atoms with van der Waals surface area (Å²) in [6.07, 6.45) is -3.79. The molecule has 1 aromatic rings. The third kappa shape index (κ3) is 3.17. The number of hydrogen-bond donors (Lipinski definition) is 6. The molecule has 2 saturated carbocycles. The first kappa shape index (κ1) is 28.5. The number of aliphatic hydroxyl groups is 4. The molecule has 11 nitrogen and oxygen atoms in total. The average molecular weight is 556 g/mol. The highest BCUT2D eigenvalue weighted by molar-refractivity contribution is 6.39. The monoisotopic (exact) mass is 555 g/mol. The minimum Gasteiger partial charge on any atom is -0.507 e. The Kier molecular flexibility index (Phi) is 6.42. The van der Waals surface area contributed by atoms with Gasteiger partial charge in [-0.15, -0.1) is 0 Å². The van der Waals surface area contributed by atoms with E-state index in [1.54, 1.807) is 40.0 Å². The molecule has 3 aliphatic carbocycles. The molecule has 11 heteroatoms. The van der Waals surface area contributed by atoms with Crippen LogP contribution in [0.3, 0.4) is 0 Å². The number of nitrogens with two attached hydrogens (primary N) is 1. The fraction of sp³-hybridized carbons (Fsp3) is 0.621. The number of ketones is 2. The topological polar surface area (TPSA) is 203 Å². The zero-order valence-corrected chi connectivity index (χ0v) is 23.2. The number of phenolic OH excluding ortho intramolecular Hbond substituents is 1. The minimum absolute atomic E-state index is 0.0947. The molecule has 1 aliphatic heterocycles. The largest absolute Gasteiger partial charge is 0.507 e. The van der Waals surface area contributed by atoms with E-state index in [0.717, 1.165) is 0 Å². The lowest BCUT2D eigenvalue weighted by molar-refractivity contribution is -0.306. The molecule has 0 saturated heterocycles. The highest BCUT2D eigenvalue weighted by Crippen LogP contribution is 2.68. The Labute approximate surface area is 231 Å². The zero-order valence-electron chi connectivity index (χ0n) is 23.2. The van der Waals surface area contributed by atoms with Crippen LogP contribution in [0, 0.1) is 34.5 Å². The van der Waals surface area contributed by atoms with Gasteiger partial charge in [0, 0.05) is 22.6 Å². The normalized spacial score (nSPS) is 42.6. The lowest BCUT2D eigenvalue weighted by Crippen LogP contribution is -2.83. The van der Waals surface area contributed by atoms with Gasteiger partial charge in [-0.2, -0.15) is 0 Å². The smallest absolute Gasteiger partial charge is 0.230 e. The molecule has 216 valence electrons. The number of benzene rings is 1. The van der Waals surface area contributed by atoms with E-state index in [0.29, 0.717) is 29.9 Å². The molecule has 1 aromatic carbocycles. The molecule has 0 bridgehead atoms. The van der Waals surface area contributed by atoms with Crippen LogP contribution in [0.1, 0.15) is 62.0 Å². The van der Waals surface area contributed by atoms with Gasteiger partial charge in [-0.25, -0.2) is 0 Å². The van der Waals surface area contributed by atoms with E-state index in [9.17, 15) is 39.9 Å². The Balaban J connectivity index is 1.81. The molecule has 7 N–H and O–H groups in total. The standard InChI is InChI=1S/C29H37N3O8/c1-11(2)19-22(35)18(25(30)38)23(36)29(40)24(37)20-21(34)17-15(33)7-6-13(14-10-31-8-9-32-14)16(17)12(3)27(20,4)26(39)28(19,29)5/h6-7,10-12,18-20,22,24,26,33,35,37,39-40H,8-9H2,1-5H3,(H2,30,38)/t12-,18-,19+,20-,22?,24?,26-,27+,28+,29+/m1/s1. The van der Waals surface area contributed by atoms with Gasteiger partial charge in [0.15, 0.2) is 17.2 Å². The van der Waals surface area contributed by atoms with E-state index in [1.807, 2.05) is 0 Å². The second-order valence-corrected chi connectivity index (χ2v) is 12.6. The molecule has 0 aromatic heterocycles. The van der Waals surface area contributed by atoms with Crippen LogP contribution in [-0.2, 0) is 9.59 Å². The van der Waals surface area contributed by atoms with Crippen molar-refractivity contribution in [3.8, 4) is 5.75 Å². The highest BCUT2D eigenvalue weighted by atomic mass is 16.4. The fourth-order valence-electron chi connectivity index (χ4n) is 8.62. The Bertz CT molecular complexity index is 1370. The van der Waals surface area contributed by atoms with Crippen molar-refractivity contribution in [1.82, 2.24) is 0 Å². The second-order valence-electron chi connectivity index (χ2n) is 12.6. The van der Waals surface area contributed by atoms with Crippen molar-refractivity contribution < 1.29 is 39.9 Å². The molecule has 0 spiro atoms. The van der Waals surface area contributed by atoms with E-state index in [2.05, 4.69) is 9.98 Å². The van der Waals surface area contributed by atoms with Gasteiger partial charge in [0.25, 0.3) is 0 Å². The maximum Gasteiger partial charge on any atom is 0.230 e. The number of aliphatic hydroxyl groups excluding tert-OH is 3. The quantitative estimate of drug-likeness (QED) is 0.279. The number of rotatable bonds is 3. The lowest BCUT2D eigenvalue weighted by Gasteiger charge is -2.69. The summed E-state index contributed by atoms with van der Waals surface area (Å²) in [5, 5.41) is 58.7. The van der Waals surface area contributed by atoms with Crippen molar-refractivity contribution in [2.45, 2.75) is 64.4 Å². The van der Waals surface area contributed by atoms with Gasteiger partial charge >= 0.3 is 0 Å². The Morgan fingerprint density at radius 3 is 2.33 bits per heavy atom. The molecule has 1 heterocycles. The number of aromatic hydroxyl groups is 1. The van der Waals surface area contributed by atoms with Crippen LogP contribution in [0.5, 0.6) is 5.75 Å². The van der Waals surface area contributed by atoms with E-state index in [1.165, 1.54) is 13.0 Å². The second kappa shape index (κ2) is 9.01.